The van der Waals surface area contributed by atoms with Gasteiger partial charge in [0.25, 0.3) is 5.91 Å². The number of piperidine rings is 1. The van der Waals surface area contributed by atoms with Gasteiger partial charge in [0.1, 0.15) is 11.3 Å². The monoisotopic (exact) mass is 331 g/mol. The quantitative estimate of drug-likeness (QED) is 0.798. The summed E-state index contributed by atoms with van der Waals surface area (Å²) >= 11 is 0. The molecule has 3 heterocycles. The van der Waals surface area contributed by atoms with Crippen LogP contribution in [0.4, 0.5) is 0 Å². The number of hydrogen-bond donors (Lipinski definition) is 0. The second-order valence-electron chi connectivity index (χ2n) is 5.77. The van der Waals surface area contributed by atoms with Crippen molar-refractivity contribution in [1.82, 2.24) is 14.5 Å². The molecule has 1 saturated heterocycles. The molecule has 7 heteroatoms. The minimum atomic E-state index is -0.258. The SMILES string of the molecule is CCOC(=O)[C@@H]1CCCN(C(=O)c2cnn3cccc(OC)c23)C1. The predicted octanol–water partition coefficient (Wildman–Crippen LogP) is 1.76. The van der Waals surface area contributed by atoms with Crippen molar-refractivity contribution in [2.45, 2.75) is 19.8 Å². The van der Waals surface area contributed by atoms with Crippen LogP contribution in [0, 0.1) is 5.92 Å². The van der Waals surface area contributed by atoms with Gasteiger partial charge in [-0.05, 0) is 31.9 Å². The molecule has 0 bridgehead atoms. The Bertz CT molecular complexity index is 755. The normalized spacial score (nSPS) is 17.8. The van der Waals surface area contributed by atoms with Crippen LogP contribution in [0.3, 0.4) is 0 Å². The van der Waals surface area contributed by atoms with Crippen LogP contribution in [0.1, 0.15) is 30.1 Å². The van der Waals surface area contributed by atoms with Gasteiger partial charge in [-0.15, -0.1) is 0 Å². The summed E-state index contributed by atoms with van der Waals surface area (Å²) in [7, 11) is 1.56. The molecule has 1 amide bonds. The molecule has 3 rings (SSSR count). The number of ether oxygens (including phenoxy) is 2. The number of likely N-dealkylation sites (tertiary alicyclic amines) is 1. The molecule has 0 N–H and O–H groups in total. The predicted molar refractivity (Wildman–Crippen MR) is 87.0 cm³/mol. The molecule has 128 valence electrons. The number of pyridine rings is 1. The summed E-state index contributed by atoms with van der Waals surface area (Å²) < 4.78 is 12.1. The lowest BCUT2D eigenvalue weighted by Crippen LogP contribution is -2.42. The smallest absolute Gasteiger partial charge is 0.310 e. The zero-order valence-electron chi connectivity index (χ0n) is 13.9. The van der Waals surface area contributed by atoms with E-state index in [-0.39, 0.29) is 17.8 Å². The number of rotatable bonds is 4. The average Bonchev–Trinajstić information content (AvgIpc) is 3.05. The Kier molecular flexibility index (Phi) is 4.69. The summed E-state index contributed by atoms with van der Waals surface area (Å²) in [5.41, 5.74) is 1.13. The van der Waals surface area contributed by atoms with Crippen LogP contribution in [0.2, 0.25) is 0 Å². The van der Waals surface area contributed by atoms with Crippen LogP contribution in [-0.4, -0.2) is 53.2 Å². The van der Waals surface area contributed by atoms with Crippen molar-refractivity contribution in [3.63, 3.8) is 0 Å². The molecule has 0 aliphatic carbocycles. The third-order valence-electron chi connectivity index (χ3n) is 4.28. The first-order valence-electron chi connectivity index (χ1n) is 8.12. The summed E-state index contributed by atoms with van der Waals surface area (Å²) in [6.45, 7) is 3.15. The maximum Gasteiger partial charge on any atom is 0.310 e. The van der Waals surface area contributed by atoms with Gasteiger partial charge >= 0.3 is 5.97 Å². The van der Waals surface area contributed by atoms with Crippen molar-refractivity contribution in [2.24, 2.45) is 5.92 Å². The van der Waals surface area contributed by atoms with Crippen molar-refractivity contribution in [2.75, 3.05) is 26.8 Å². The van der Waals surface area contributed by atoms with Crippen LogP contribution >= 0.6 is 0 Å². The number of hydrogen-bond acceptors (Lipinski definition) is 5. The highest BCUT2D eigenvalue weighted by Crippen LogP contribution is 2.26. The van der Waals surface area contributed by atoms with Crippen LogP contribution in [0.5, 0.6) is 5.75 Å². The second kappa shape index (κ2) is 6.90. The summed E-state index contributed by atoms with van der Waals surface area (Å²) in [6, 6.07) is 3.61. The van der Waals surface area contributed by atoms with Crippen molar-refractivity contribution in [3.05, 3.63) is 30.1 Å². The zero-order chi connectivity index (χ0) is 17.1. The first-order chi connectivity index (χ1) is 11.7. The highest BCUT2D eigenvalue weighted by atomic mass is 16.5. The van der Waals surface area contributed by atoms with Gasteiger partial charge in [0.15, 0.2) is 0 Å². The molecular formula is C17H21N3O4. The molecule has 1 atom stereocenters. The third-order valence-corrected chi connectivity index (χ3v) is 4.28. The fourth-order valence-corrected chi connectivity index (χ4v) is 3.12. The van der Waals surface area contributed by atoms with E-state index in [2.05, 4.69) is 5.10 Å². The van der Waals surface area contributed by atoms with E-state index < -0.39 is 0 Å². The van der Waals surface area contributed by atoms with E-state index >= 15 is 0 Å². The van der Waals surface area contributed by atoms with E-state index in [4.69, 9.17) is 9.47 Å². The van der Waals surface area contributed by atoms with Gasteiger partial charge < -0.3 is 14.4 Å². The lowest BCUT2D eigenvalue weighted by molar-refractivity contribution is -0.149. The lowest BCUT2D eigenvalue weighted by Gasteiger charge is -2.31. The molecule has 0 saturated carbocycles. The molecule has 2 aromatic rings. The van der Waals surface area contributed by atoms with Gasteiger partial charge in [-0.2, -0.15) is 5.10 Å². The number of nitrogens with zero attached hydrogens (tertiary/aromatic N) is 3. The Morgan fingerprint density at radius 1 is 1.42 bits per heavy atom. The molecule has 0 radical (unpaired) electrons. The highest BCUT2D eigenvalue weighted by Gasteiger charge is 2.31. The molecule has 0 aromatic carbocycles. The number of amides is 1. The topological polar surface area (TPSA) is 73.1 Å². The zero-order valence-corrected chi connectivity index (χ0v) is 13.9. The summed E-state index contributed by atoms with van der Waals surface area (Å²) in [5.74, 6) is -0.0281. The fraction of sp³-hybridized carbons (Fsp3) is 0.471. The Morgan fingerprint density at radius 3 is 3.00 bits per heavy atom. The van der Waals surface area contributed by atoms with E-state index in [1.807, 2.05) is 6.07 Å². The van der Waals surface area contributed by atoms with Crippen LogP contribution in [-0.2, 0) is 9.53 Å². The minimum Gasteiger partial charge on any atom is -0.494 e. The van der Waals surface area contributed by atoms with E-state index in [9.17, 15) is 9.59 Å². The molecule has 24 heavy (non-hydrogen) atoms. The summed E-state index contributed by atoms with van der Waals surface area (Å²) in [6.07, 6.45) is 4.85. The average molecular weight is 331 g/mol. The number of carbonyl (C=O) groups is 2. The van der Waals surface area contributed by atoms with E-state index in [0.717, 1.165) is 12.8 Å². The fourth-order valence-electron chi connectivity index (χ4n) is 3.12. The Morgan fingerprint density at radius 2 is 2.25 bits per heavy atom. The molecule has 1 fully saturated rings. The number of methoxy groups -OCH3 is 1. The molecule has 7 nitrogen and oxygen atoms in total. The summed E-state index contributed by atoms with van der Waals surface area (Å²) in [5, 5.41) is 4.22. The molecule has 1 aliphatic heterocycles. The van der Waals surface area contributed by atoms with Crippen molar-refractivity contribution < 1.29 is 19.1 Å². The largest absolute Gasteiger partial charge is 0.494 e. The van der Waals surface area contributed by atoms with Crippen molar-refractivity contribution >= 4 is 17.4 Å². The Hall–Kier alpha value is -2.57. The van der Waals surface area contributed by atoms with E-state index in [1.54, 1.807) is 41.9 Å². The minimum absolute atomic E-state index is 0.136. The number of carbonyl (C=O) groups excluding carboxylic acids is 2. The van der Waals surface area contributed by atoms with E-state index in [1.165, 1.54) is 0 Å². The third kappa shape index (κ3) is 2.93. The highest BCUT2D eigenvalue weighted by molar-refractivity contribution is 6.02. The first-order valence-corrected chi connectivity index (χ1v) is 8.12. The van der Waals surface area contributed by atoms with E-state index in [0.29, 0.717) is 36.5 Å². The van der Waals surface area contributed by atoms with Gasteiger partial charge in [0.2, 0.25) is 0 Å². The molecular weight excluding hydrogens is 310 g/mol. The van der Waals surface area contributed by atoms with Gasteiger partial charge in [-0.3, -0.25) is 9.59 Å². The lowest BCUT2D eigenvalue weighted by atomic mass is 9.97. The van der Waals surface area contributed by atoms with Crippen molar-refractivity contribution in [3.8, 4) is 5.75 Å². The first kappa shape index (κ1) is 16.3. The maximum atomic E-state index is 12.9. The number of aromatic nitrogens is 2. The molecule has 0 unspecified atom stereocenters. The molecule has 0 spiro atoms. The molecule has 2 aromatic heterocycles. The van der Waals surface area contributed by atoms with Gasteiger partial charge in [0.05, 0.1) is 31.4 Å². The van der Waals surface area contributed by atoms with Gasteiger partial charge in [-0.1, -0.05) is 0 Å². The number of esters is 1. The molecule has 1 aliphatic rings. The van der Waals surface area contributed by atoms with Crippen LogP contribution in [0.25, 0.3) is 5.52 Å². The Labute approximate surface area is 140 Å². The second-order valence-corrected chi connectivity index (χ2v) is 5.77. The van der Waals surface area contributed by atoms with Crippen LogP contribution < -0.4 is 4.74 Å². The van der Waals surface area contributed by atoms with Gasteiger partial charge in [-0.25, -0.2) is 4.52 Å². The van der Waals surface area contributed by atoms with Gasteiger partial charge in [0, 0.05) is 19.3 Å². The summed E-state index contributed by atoms with van der Waals surface area (Å²) in [4.78, 5) is 26.6. The Balaban J connectivity index is 1.85. The van der Waals surface area contributed by atoms with Crippen LogP contribution in [0.15, 0.2) is 24.5 Å². The number of fused-ring (bicyclic) bond motifs is 1. The van der Waals surface area contributed by atoms with Crippen molar-refractivity contribution in [1.29, 1.82) is 0 Å². The maximum absolute atomic E-state index is 12.9. The standard InChI is InChI=1S/C17H21N3O4/c1-3-24-17(22)12-6-4-8-19(11-12)16(21)13-10-18-20-9-5-7-14(23-2)15(13)20/h5,7,9-10,12H,3-4,6,8,11H2,1-2H3/t12-/m1/s1.